The number of rotatable bonds is 4. The topological polar surface area (TPSA) is 21.3 Å². The lowest BCUT2D eigenvalue weighted by atomic mass is 10.1. The highest BCUT2D eigenvalue weighted by Gasteiger charge is 2.16. The van der Waals surface area contributed by atoms with Gasteiger partial charge in [0, 0.05) is 5.54 Å². The van der Waals surface area contributed by atoms with Crippen molar-refractivity contribution >= 4 is 0 Å². The van der Waals surface area contributed by atoms with Gasteiger partial charge in [-0.25, -0.2) is 0 Å². The number of hydrogen-bond acceptors (Lipinski definition) is 2. The Morgan fingerprint density at radius 2 is 1.73 bits per heavy atom. The van der Waals surface area contributed by atoms with E-state index >= 15 is 0 Å². The van der Waals surface area contributed by atoms with Gasteiger partial charge < -0.3 is 10.1 Å². The van der Waals surface area contributed by atoms with Crippen molar-refractivity contribution in [1.29, 1.82) is 0 Å². The molecule has 0 heterocycles. The molecule has 84 valence electrons. The van der Waals surface area contributed by atoms with Gasteiger partial charge in [-0.3, -0.25) is 0 Å². The molecule has 0 saturated heterocycles. The van der Waals surface area contributed by atoms with E-state index in [-0.39, 0.29) is 5.54 Å². The molecule has 0 saturated carbocycles. The van der Waals surface area contributed by atoms with Gasteiger partial charge in [-0.05, 0) is 45.9 Å². The molecule has 0 unspecified atom stereocenters. The van der Waals surface area contributed by atoms with E-state index in [2.05, 4.69) is 51.2 Å². The van der Waals surface area contributed by atoms with Crippen LogP contribution in [-0.2, 0) is 0 Å². The molecule has 15 heavy (non-hydrogen) atoms. The molecular formula is C13H21NO. The van der Waals surface area contributed by atoms with E-state index in [1.807, 2.05) is 7.05 Å². The highest BCUT2D eigenvalue weighted by molar-refractivity contribution is 5.39. The summed E-state index contributed by atoms with van der Waals surface area (Å²) in [5.74, 6) is 1.01. The molecule has 2 heteroatoms. The number of para-hydroxylation sites is 1. The Bertz CT molecular complexity index is 311. The first-order valence-corrected chi connectivity index (χ1v) is 5.34. The van der Waals surface area contributed by atoms with Crippen LogP contribution in [0.15, 0.2) is 18.2 Å². The highest BCUT2D eigenvalue weighted by Crippen LogP contribution is 2.23. The van der Waals surface area contributed by atoms with Crippen molar-refractivity contribution in [1.82, 2.24) is 5.32 Å². The molecule has 1 N–H and O–H groups in total. The molecule has 0 amide bonds. The lowest BCUT2D eigenvalue weighted by Gasteiger charge is -2.25. The van der Waals surface area contributed by atoms with Gasteiger partial charge in [-0.1, -0.05) is 18.2 Å². The summed E-state index contributed by atoms with van der Waals surface area (Å²) >= 11 is 0. The smallest absolute Gasteiger partial charge is 0.125 e. The van der Waals surface area contributed by atoms with Gasteiger partial charge in [0.05, 0.1) is 0 Å². The fourth-order valence-electron chi connectivity index (χ4n) is 1.35. The Balaban J connectivity index is 2.73. The second kappa shape index (κ2) is 4.67. The largest absolute Gasteiger partial charge is 0.491 e. The summed E-state index contributed by atoms with van der Waals surface area (Å²) in [6.45, 7) is 9.08. The van der Waals surface area contributed by atoms with Crippen LogP contribution >= 0.6 is 0 Å². The van der Waals surface area contributed by atoms with Crippen molar-refractivity contribution in [3.63, 3.8) is 0 Å². The van der Waals surface area contributed by atoms with Crippen LogP contribution < -0.4 is 10.1 Å². The molecule has 0 atom stereocenters. The standard InChI is InChI=1S/C13H21NO/c1-10-7-6-8-11(2)12(10)15-9-13(3,4)14-5/h6-8,14H,9H2,1-5H3. The van der Waals surface area contributed by atoms with Gasteiger partial charge in [0.25, 0.3) is 0 Å². The Kier molecular flexibility index (Phi) is 3.75. The SMILES string of the molecule is CNC(C)(C)COc1c(C)cccc1C. The molecule has 0 aliphatic rings. The third-order valence-electron chi connectivity index (χ3n) is 2.66. The second-order valence-electron chi connectivity index (χ2n) is 4.64. The Hall–Kier alpha value is -1.02. The summed E-state index contributed by atoms with van der Waals surface area (Å²) in [5, 5.41) is 3.23. The summed E-state index contributed by atoms with van der Waals surface area (Å²) in [4.78, 5) is 0. The van der Waals surface area contributed by atoms with Crippen molar-refractivity contribution in [2.24, 2.45) is 0 Å². The molecule has 0 bridgehead atoms. The maximum Gasteiger partial charge on any atom is 0.125 e. The molecule has 1 rings (SSSR count). The number of benzene rings is 1. The van der Waals surface area contributed by atoms with Crippen LogP contribution in [0, 0.1) is 13.8 Å². The minimum absolute atomic E-state index is 0.00865. The summed E-state index contributed by atoms with van der Waals surface area (Å²) in [5.41, 5.74) is 2.40. The fraction of sp³-hybridized carbons (Fsp3) is 0.538. The predicted molar refractivity (Wildman–Crippen MR) is 64.5 cm³/mol. The first-order valence-electron chi connectivity index (χ1n) is 5.34. The molecule has 2 nitrogen and oxygen atoms in total. The monoisotopic (exact) mass is 207 g/mol. The second-order valence-corrected chi connectivity index (χ2v) is 4.64. The number of aryl methyl sites for hydroxylation is 2. The Labute approximate surface area is 92.6 Å². The molecular weight excluding hydrogens is 186 g/mol. The van der Waals surface area contributed by atoms with Crippen LogP contribution in [-0.4, -0.2) is 19.2 Å². The number of ether oxygens (including phenoxy) is 1. The molecule has 0 fully saturated rings. The van der Waals surface area contributed by atoms with Crippen molar-refractivity contribution in [3.05, 3.63) is 29.3 Å². The van der Waals surface area contributed by atoms with E-state index in [9.17, 15) is 0 Å². The Morgan fingerprint density at radius 3 is 2.20 bits per heavy atom. The molecule has 0 aliphatic carbocycles. The normalized spacial score (nSPS) is 11.5. The van der Waals surface area contributed by atoms with Gasteiger partial charge in [0.1, 0.15) is 12.4 Å². The number of hydrogen-bond donors (Lipinski definition) is 1. The Morgan fingerprint density at radius 1 is 1.20 bits per heavy atom. The first kappa shape index (κ1) is 12.1. The van der Waals surface area contributed by atoms with Gasteiger partial charge >= 0.3 is 0 Å². The predicted octanol–water partition coefficient (Wildman–Crippen LogP) is 2.68. The molecule has 0 spiro atoms. The molecule has 1 aromatic carbocycles. The zero-order chi connectivity index (χ0) is 11.5. The highest BCUT2D eigenvalue weighted by atomic mass is 16.5. The van der Waals surface area contributed by atoms with Crippen LogP contribution in [0.2, 0.25) is 0 Å². The van der Waals surface area contributed by atoms with Gasteiger partial charge in [-0.15, -0.1) is 0 Å². The zero-order valence-electron chi connectivity index (χ0n) is 10.3. The summed E-state index contributed by atoms with van der Waals surface area (Å²) in [6, 6.07) is 6.21. The fourth-order valence-corrected chi connectivity index (χ4v) is 1.35. The molecule has 1 aromatic rings. The lowest BCUT2D eigenvalue weighted by molar-refractivity contribution is 0.215. The van der Waals surface area contributed by atoms with Crippen LogP contribution in [0.3, 0.4) is 0 Å². The maximum absolute atomic E-state index is 5.86. The van der Waals surface area contributed by atoms with Crippen LogP contribution in [0.4, 0.5) is 0 Å². The van der Waals surface area contributed by atoms with E-state index in [0.29, 0.717) is 6.61 Å². The molecule has 0 radical (unpaired) electrons. The third-order valence-corrected chi connectivity index (χ3v) is 2.66. The quantitative estimate of drug-likeness (QED) is 0.819. The van der Waals surface area contributed by atoms with E-state index in [1.165, 1.54) is 11.1 Å². The summed E-state index contributed by atoms with van der Waals surface area (Å²) in [7, 11) is 1.95. The number of nitrogens with one attached hydrogen (secondary N) is 1. The van der Waals surface area contributed by atoms with E-state index < -0.39 is 0 Å². The van der Waals surface area contributed by atoms with Crippen molar-refractivity contribution < 1.29 is 4.74 Å². The molecule has 0 aliphatic heterocycles. The van der Waals surface area contributed by atoms with E-state index in [0.717, 1.165) is 5.75 Å². The minimum Gasteiger partial charge on any atom is -0.491 e. The van der Waals surface area contributed by atoms with E-state index in [1.54, 1.807) is 0 Å². The number of likely N-dealkylation sites (N-methyl/N-ethyl adjacent to an activating group) is 1. The summed E-state index contributed by atoms with van der Waals surface area (Å²) < 4.78 is 5.86. The average molecular weight is 207 g/mol. The van der Waals surface area contributed by atoms with Crippen molar-refractivity contribution in [2.45, 2.75) is 33.2 Å². The van der Waals surface area contributed by atoms with Crippen LogP contribution in [0.25, 0.3) is 0 Å². The summed E-state index contributed by atoms with van der Waals surface area (Å²) in [6.07, 6.45) is 0. The maximum atomic E-state index is 5.86. The van der Waals surface area contributed by atoms with E-state index in [4.69, 9.17) is 4.74 Å². The lowest BCUT2D eigenvalue weighted by Crippen LogP contribution is -2.42. The van der Waals surface area contributed by atoms with Crippen molar-refractivity contribution in [3.8, 4) is 5.75 Å². The third kappa shape index (κ3) is 3.24. The minimum atomic E-state index is 0.00865. The van der Waals surface area contributed by atoms with Gasteiger partial charge in [0.2, 0.25) is 0 Å². The zero-order valence-corrected chi connectivity index (χ0v) is 10.3. The van der Waals surface area contributed by atoms with Crippen molar-refractivity contribution in [2.75, 3.05) is 13.7 Å². The molecule has 0 aromatic heterocycles. The van der Waals surface area contributed by atoms with Crippen LogP contribution in [0.5, 0.6) is 5.75 Å². The van der Waals surface area contributed by atoms with Gasteiger partial charge in [0.15, 0.2) is 0 Å². The average Bonchev–Trinajstić information content (AvgIpc) is 2.17. The first-order chi connectivity index (χ1) is 6.96. The van der Waals surface area contributed by atoms with Crippen LogP contribution in [0.1, 0.15) is 25.0 Å². The van der Waals surface area contributed by atoms with Gasteiger partial charge in [-0.2, -0.15) is 0 Å².